The number of hydrogen-bond donors (Lipinski definition) is 2. The smallest absolute Gasteiger partial charge is 0.276 e. The van der Waals surface area contributed by atoms with Gasteiger partial charge in [0.2, 0.25) is 11.0 Å². The Morgan fingerprint density at radius 2 is 2.23 bits per heavy atom. The number of H-pyrrole nitrogens is 1. The minimum atomic E-state index is -3.78. The van der Waals surface area contributed by atoms with Crippen molar-refractivity contribution in [2.24, 2.45) is 11.8 Å². The fourth-order valence-corrected chi connectivity index (χ4v) is 4.38. The van der Waals surface area contributed by atoms with Crippen molar-refractivity contribution in [3.8, 4) is 11.5 Å². The molecule has 0 saturated carbocycles. The summed E-state index contributed by atoms with van der Waals surface area (Å²) in [5.74, 6) is 0.339. The van der Waals surface area contributed by atoms with E-state index in [-0.39, 0.29) is 23.5 Å². The molecule has 2 N–H and O–H groups in total. The van der Waals surface area contributed by atoms with E-state index < -0.39 is 10.0 Å². The van der Waals surface area contributed by atoms with Gasteiger partial charge in [-0.25, -0.2) is 8.42 Å². The summed E-state index contributed by atoms with van der Waals surface area (Å²) in [6.07, 6.45) is 2.90. The lowest BCUT2D eigenvalue weighted by molar-refractivity contribution is -0.126. The average Bonchev–Trinajstić information content (AvgIpc) is 3.30. The number of piperidine rings is 1. The van der Waals surface area contributed by atoms with Gasteiger partial charge in [-0.15, -0.1) is 0 Å². The number of furan rings is 1. The normalized spacial score (nSPS) is 19.0. The predicted molar refractivity (Wildman–Crippen MR) is 95.6 cm³/mol. The molecule has 0 aliphatic carbocycles. The molecule has 0 radical (unpaired) electrons. The van der Waals surface area contributed by atoms with Gasteiger partial charge in [-0.1, -0.05) is 13.8 Å². The van der Waals surface area contributed by atoms with E-state index in [0.29, 0.717) is 43.3 Å². The van der Waals surface area contributed by atoms with Crippen LogP contribution in [-0.2, 0) is 14.8 Å². The Morgan fingerprint density at radius 1 is 1.42 bits per heavy atom. The van der Waals surface area contributed by atoms with Crippen molar-refractivity contribution in [3.63, 3.8) is 0 Å². The van der Waals surface area contributed by atoms with Crippen LogP contribution in [0.2, 0.25) is 0 Å². The Hall–Kier alpha value is -2.13. The fourth-order valence-electron chi connectivity index (χ4n) is 2.95. The summed E-state index contributed by atoms with van der Waals surface area (Å²) in [4.78, 5) is 12.3. The zero-order valence-electron chi connectivity index (χ0n) is 14.9. The van der Waals surface area contributed by atoms with E-state index >= 15 is 0 Å². The van der Waals surface area contributed by atoms with Crippen molar-refractivity contribution in [2.75, 3.05) is 19.6 Å². The number of nitrogens with one attached hydrogen (secondary N) is 2. The maximum atomic E-state index is 12.9. The first-order chi connectivity index (χ1) is 12.4. The Bertz CT molecular complexity index is 842. The molecule has 26 heavy (non-hydrogen) atoms. The molecule has 0 aromatic carbocycles. The van der Waals surface area contributed by atoms with Crippen molar-refractivity contribution in [2.45, 2.75) is 31.8 Å². The second kappa shape index (κ2) is 7.63. The SMILES string of the molecule is CC(C)CNC(=O)[C@H]1CCCN(S(=O)(=O)c2ccc(-c3ccn[nH]3)o2)C1. The average molecular weight is 380 g/mol. The van der Waals surface area contributed by atoms with Crippen LogP contribution in [0, 0.1) is 11.8 Å². The van der Waals surface area contributed by atoms with Gasteiger partial charge in [0.25, 0.3) is 10.0 Å². The summed E-state index contributed by atoms with van der Waals surface area (Å²) in [6.45, 7) is 5.19. The minimum absolute atomic E-state index is 0.0869. The number of aromatic amines is 1. The molecule has 0 bridgehead atoms. The van der Waals surface area contributed by atoms with Crippen molar-refractivity contribution in [1.82, 2.24) is 19.8 Å². The van der Waals surface area contributed by atoms with Gasteiger partial charge >= 0.3 is 0 Å². The molecule has 1 amide bonds. The van der Waals surface area contributed by atoms with Gasteiger partial charge in [-0.05, 0) is 37.0 Å². The molecule has 1 aliphatic rings. The summed E-state index contributed by atoms with van der Waals surface area (Å²) in [5, 5.41) is 9.34. The number of hydrogen-bond acceptors (Lipinski definition) is 5. The molecule has 9 heteroatoms. The summed E-state index contributed by atoms with van der Waals surface area (Å²) in [7, 11) is -3.78. The largest absolute Gasteiger partial charge is 0.442 e. The van der Waals surface area contributed by atoms with E-state index in [1.807, 2.05) is 13.8 Å². The third kappa shape index (κ3) is 3.99. The lowest BCUT2D eigenvalue weighted by Crippen LogP contribution is -2.45. The predicted octanol–water partition coefficient (Wildman–Crippen LogP) is 1.84. The van der Waals surface area contributed by atoms with Crippen LogP contribution >= 0.6 is 0 Å². The molecule has 0 spiro atoms. The first kappa shape index (κ1) is 18.7. The van der Waals surface area contributed by atoms with Crippen molar-refractivity contribution >= 4 is 15.9 Å². The summed E-state index contributed by atoms with van der Waals surface area (Å²) >= 11 is 0. The molecule has 2 aromatic rings. The second-order valence-electron chi connectivity index (χ2n) is 6.93. The number of sulfonamides is 1. The molecule has 3 heterocycles. The fraction of sp³-hybridized carbons (Fsp3) is 0.529. The Kier molecular flexibility index (Phi) is 5.47. The maximum absolute atomic E-state index is 12.9. The zero-order chi connectivity index (χ0) is 18.7. The molecular weight excluding hydrogens is 356 g/mol. The van der Waals surface area contributed by atoms with Gasteiger partial charge in [0.05, 0.1) is 5.92 Å². The number of rotatable bonds is 6. The zero-order valence-corrected chi connectivity index (χ0v) is 15.8. The van der Waals surface area contributed by atoms with Crippen molar-refractivity contribution < 1.29 is 17.6 Å². The highest BCUT2D eigenvalue weighted by Gasteiger charge is 2.35. The Labute approximate surface area is 153 Å². The second-order valence-corrected chi connectivity index (χ2v) is 8.80. The minimum Gasteiger partial charge on any atom is -0.442 e. The Balaban J connectivity index is 1.72. The molecule has 3 rings (SSSR count). The third-order valence-electron chi connectivity index (χ3n) is 4.38. The number of amides is 1. The van der Waals surface area contributed by atoms with Gasteiger partial charge in [-0.2, -0.15) is 9.40 Å². The van der Waals surface area contributed by atoms with E-state index in [0.717, 1.165) is 0 Å². The van der Waals surface area contributed by atoms with E-state index in [9.17, 15) is 13.2 Å². The highest BCUT2D eigenvalue weighted by Crippen LogP contribution is 2.28. The first-order valence-corrected chi connectivity index (χ1v) is 10.2. The molecule has 0 unspecified atom stereocenters. The van der Waals surface area contributed by atoms with Crippen LogP contribution in [0.1, 0.15) is 26.7 Å². The molecule has 1 aliphatic heterocycles. The van der Waals surface area contributed by atoms with Crippen LogP contribution in [0.5, 0.6) is 0 Å². The molecular formula is C17H24N4O4S. The molecule has 1 saturated heterocycles. The van der Waals surface area contributed by atoms with Gasteiger partial charge in [0.15, 0.2) is 5.76 Å². The van der Waals surface area contributed by atoms with Crippen LogP contribution in [0.25, 0.3) is 11.5 Å². The van der Waals surface area contributed by atoms with Crippen LogP contribution in [0.15, 0.2) is 33.9 Å². The van der Waals surface area contributed by atoms with Crippen LogP contribution in [-0.4, -0.2) is 48.5 Å². The molecule has 1 atom stereocenters. The monoisotopic (exact) mass is 380 g/mol. The third-order valence-corrected chi connectivity index (χ3v) is 6.12. The van der Waals surface area contributed by atoms with Gasteiger partial charge in [0.1, 0.15) is 5.69 Å². The molecule has 2 aromatic heterocycles. The standard InChI is InChI=1S/C17H24N4O4S/c1-12(2)10-18-17(22)13-4-3-9-21(11-13)26(23,24)16-6-5-15(25-16)14-7-8-19-20-14/h5-8,12-13H,3-4,9-11H2,1-2H3,(H,18,22)(H,19,20)/t13-/m0/s1. The Morgan fingerprint density at radius 3 is 2.92 bits per heavy atom. The topological polar surface area (TPSA) is 108 Å². The van der Waals surface area contributed by atoms with Gasteiger partial charge < -0.3 is 9.73 Å². The molecule has 8 nitrogen and oxygen atoms in total. The number of aromatic nitrogens is 2. The first-order valence-electron chi connectivity index (χ1n) is 8.75. The highest BCUT2D eigenvalue weighted by atomic mass is 32.2. The van der Waals surface area contributed by atoms with Crippen molar-refractivity contribution in [1.29, 1.82) is 0 Å². The van der Waals surface area contributed by atoms with Gasteiger partial charge in [-0.3, -0.25) is 9.89 Å². The number of carbonyl (C=O) groups is 1. The van der Waals surface area contributed by atoms with E-state index in [2.05, 4.69) is 15.5 Å². The summed E-state index contributed by atoms with van der Waals surface area (Å²) < 4.78 is 32.6. The quantitative estimate of drug-likeness (QED) is 0.795. The summed E-state index contributed by atoms with van der Waals surface area (Å²) in [5.41, 5.74) is 0.607. The van der Waals surface area contributed by atoms with Crippen molar-refractivity contribution in [3.05, 3.63) is 24.4 Å². The maximum Gasteiger partial charge on any atom is 0.276 e. The lowest BCUT2D eigenvalue weighted by atomic mass is 9.98. The van der Waals surface area contributed by atoms with Gasteiger partial charge in [0, 0.05) is 25.8 Å². The summed E-state index contributed by atoms with van der Waals surface area (Å²) in [6, 6.07) is 4.73. The van der Waals surface area contributed by atoms with E-state index in [4.69, 9.17) is 4.42 Å². The van der Waals surface area contributed by atoms with Crippen LogP contribution in [0.3, 0.4) is 0 Å². The lowest BCUT2D eigenvalue weighted by Gasteiger charge is -2.30. The van der Waals surface area contributed by atoms with Crippen LogP contribution < -0.4 is 5.32 Å². The number of carbonyl (C=O) groups excluding carboxylic acids is 1. The van der Waals surface area contributed by atoms with Crippen LogP contribution in [0.4, 0.5) is 0 Å². The highest BCUT2D eigenvalue weighted by molar-refractivity contribution is 7.89. The molecule has 142 valence electrons. The molecule has 1 fully saturated rings. The number of nitrogens with zero attached hydrogens (tertiary/aromatic N) is 2. The van der Waals surface area contributed by atoms with E-state index in [1.54, 1.807) is 18.3 Å². The van der Waals surface area contributed by atoms with E-state index in [1.165, 1.54) is 10.4 Å².